The number of hydrogen-bond donors (Lipinski definition) is 2. The minimum Gasteiger partial charge on any atom is -0.497 e. The van der Waals surface area contributed by atoms with E-state index in [1.807, 2.05) is 42.6 Å². The van der Waals surface area contributed by atoms with Gasteiger partial charge in [0, 0.05) is 44.8 Å². The molecular formula is C25H31N5O2. The van der Waals surface area contributed by atoms with Crippen LogP contribution in [0.1, 0.15) is 17.7 Å². The summed E-state index contributed by atoms with van der Waals surface area (Å²) in [6, 6.07) is 18.5. The number of benzene rings is 1. The lowest BCUT2D eigenvalue weighted by Crippen LogP contribution is -2.45. The molecule has 1 atom stereocenters. The summed E-state index contributed by atoms with van der Waals surface area (Å²) in [5, 5.41) is 7.12. The lowest BCUT2D eigenvalue weighted by Gasteiger charge is -2.20. The van der Waals surface area contributed by atoms with Crippen LogP contribution in [0.3, 0.4) is 0 Å². The molecule has 7 nitrogen and oxygen atoms in total. The maximum absolute atomic E-state index is 5.44. The summed E-state index contributed by atoms with van der Waals surface area (Å²) in [7, 11) is 1.69. The van der Waals surface area contributed by atoms with Gasteiger partial charge in [-0.25, -0.2) is 4.98 Å². The van der Waals surface area contributed by atoms with E-state index in [2.05, 4.69) is 38.7 Å². The first-order valence-corrected chi connectivity index (χ1v) is 11.2. The van der Waals surface area contributed by atoms with Crippen LogP contribution >= 0.6 is 0 Å². The SMILES string of the molecule is COc1ccc(CCNC(=NCCc2ccco2)NC2CCN(c3ccccn3)C2)cc1. The number of rotatable bonds is 9. The third kappa shape index (κ3) is 6.26. The van der Waals surface area contributed by atoms with E-state index in [1.165, 1.54) is 5.56 Å². The molecule has 3 aromatic rings. The summed E-state index contributed by atoms with van der Waals surface area (Å²) in [5.74, 6) is 3.70. The molecule has 4 rings (SSSR count). The highest BCUT2D eigenvalue weighted by atomic mass is 16.5. The lowest BCUT2D eigenvalue weighted by atomic mass is 10.1. The van der Waals surface area contributed by atoms with Crippen molar-refractivity contribution in [3.8, 4) is 5.75 Å². The Morgan fingerprint density at radius 1 is 1.16 bits per heavy atom. The van der Waals surface area contributed by atoms with Crippen molar-refractivity contribution in [1.82, 2.24) is 15.6 Å². The Kier molecular flexibility index (Phi) is 7.63. The largest absolute Gasteiger partial charge is 0.497 e. The molecule has 168 valence electrons. The molecule has 0 spiro atoms. The highest BCUT2D eigenvalue weighted by Crippen LogP contribution is 2.17. The number of nitrogens with zero attached hydrogens (tertiary/aromatic N) is 3. The molecule has 0 bridgehead atoms. The van der Waals surface area contributed by atoms with E-state index < -0.39 is 0 Å². The minimum atomic E-state index is 0.327. The van der Waals surface area contributed by atoms with Gasteiger partial charge in [0.1, 0.15) is 17.3 Å². The fraction of sp³-hybridized carbons (Fsp3) is 0.360. The molecule has 0 amide bonds. The van der Waals surface area contributed by atoms with Crippen molar-refractivity contribution < 1.29 is 9.15 Å². The van der Waals surface area contributed by atoms with Gasteiger partial charge < -0.3 is 24.7 Å². The van der Waals surface area contributed by atoms with E-state index in [1.54, 1.807) is 13.4 Å². The number of aliphatic imine (C=N–C) groups is 1. The molecule has 0 saturated carbocycles. The van der Waals surface area contributed by atoms with Crippen LogP contribution in [0.5, 0.6) is 5.75 Å². The Hall–Kier alpha value is -3.48. The zero-order chi connectivity index (χ0) is 22.0. The average molecular weight is 434 g/mol. The highest BCUT2D eigenvalue weighted by Gasteiger charge is 2.24. The smallest absolute Gasteiger partial charge is 0.191 e. The first-order valence-electron chi connectivity index (χ1n) is 11.2. The molecule has 2 aromatic heterocycles. The predicted octanol–water partition coefficient (Wildman–Crippen LogP) is 3.28. The van der Waals surface area contributed by atoms with Gasteiger partial charge in [0.15, 0.2) is 5.96 Å². The highest BCUT2D eigenvalue weighted by molar-refractivity contribution is 5.80. The van der Waals surface area contributed by atoms with Crippen molar-refractivity contribution in [2.24, 2.45) is 4.99 Å². The van der Waals surface area contributed by atoms with Crippen molar-refractivity contribution in [3.63, 3.8) is 0 Å². The molecule has 1 aliphatic heterocycles. The Labute approximate surface area is 189 Å². The molecule has 1 aromatic carbocycles. The van der Waals surface area contributed by atoms with E-state index in [-0.39, 0.29) is 0 Å². The first-order chi connectivity index (χ1) is 15.8. The maximum atomic E-state index is 5.44. The fourth-order valence-electron chi connectivity index (χ4n) is 3.82. The van der Waals surface area contributed by atoms with E-state index in [4.69, 9.17) is 14.1 Å². The number of ether oxygens (including phenoxy) is 1. The molecule has 1 unspecified atom stereocenters. The van der Waals surface area contributed by atoms with Crippen LogP contribution in [0.15, 0.2) is 76.5 Å². The quantitative estimate of drug-likeness (QED) is 0.399. The standard InChI is InChI=1S/C25H31N5O2/c1-31-22-9-7-20(8-10-22)11-15-27-25(28-16-12-23-5-4-18-32-23)29-21-13-17-30(19-21)24-6-2-3-14-26-24/h2-10,14,18,21H,11-13,15-17,19H2,1H3,(H2,27,28,29). The molecular weight excluding hydrogens is 402 g/mol. The Bertz CT molecular complexity index is 958. The number of nitrogens with one attached hydrogen (secondary N) is 2. The van der Waals surface area contributed by atoms with Crippen molar-refractivity contribution in [2.45, 2.75) is 25.3 Å². The monoisotopic (exact) mass is 433 g/mol. The second kappa shape index (κ2) is 11.2. The number of anilines is 1. The van der Waals surface area contributed by atoms with Gasteiger partial charge in [-0.15, -0.1) is 0 Å². The van der Waals surface area contributed by atoms with Crippen LogP contribution in [0.2, 0.25) is 0 Å². The molecule has 1 fully saturated rings. The molecule has 0 aliphatic carbocycles. The van der Waals surface area contributed by atoms with Gasteiger partial charge in [-0.3, -0.25) is 4.99 Å². The number of pyridine rings is 1. The summed E-state index contributed by atoms with van der Waals surface area (Å²) >= 11 is 0. The van der Waals surface area contributed by atoms with Crippen LogP contribution in [0.25, 0.3) is 0 Å². The predicted molar refractivity (Wildman–Crippen MR) is 127 cm³/mol. The number of methoxy groups -OCH3 is 1. The van der Waals surface area contributed by atoms with E-state index in [0.717, 1.165) is 62.2 Å². The second-order valence-electron chi connectivity index (χ2n) is 7.85. The summed E-state index contributed by atoms with van der Waals surface area (Å²) in [5.41, 5.74) is 1.26. The van der Waals surface area contributed by atoms with Crippen LogP contribution in [0.4, 0.5) is 5.82 Å². The summed E-state index contributed by atoms with van der Waals surface area (Å²) in [6.45, 7) is 3.37. The zero-order valence-corrected chi connectivity index (χ0v) is 18.5. The normalized spacial score (nSPS) is 16.2. The van der Waals surface area contributed by atoms with Crippen LogP contribution in [-0.4, -0.2) is 50.3 Å². The topological polar surface area (TPSA) is 74.9 Å². The molecule has 32 heavy (non-hydrogen) atoms. The van der Waals surface area contributed by atoms with E-state index in [0.29, 0.717) is 12.6 Å². The third-order valence-electron chi connectivity index (χ3n) is 5.58. The Morgan fingerprint density at radius 2 is 2.06 bits per heavy atom. The van der Waals surface area contributed by atoms with Gasteiger partial charge in [0.25, 0.3) is 0 Å². The third-order valence-corrected chi connectivity index (χ3v) is 5.58. The van der Waals surface area contributed by atoms with Crippen molar-refractivity contribution >= 4 is 11.8 Å². The maximum Gasteiger partial charge on any atom is 0.191 e. The van der Waals surface area contributed by atoms with E-state index >= 15 is 0 Å². The Morgan fingerprint density at radius 3 is 2.81 bits per heavy atom. The second-order valence-corrected chi connectivity index (χ2v) is 7.85. The van der Waals surface area contributed by atoms with Crippen molar-refractivity contribution in [3.05, 3.63) is 78.4 Å². The van der Waals surface area contributed by atoms with Crippen LogP contribution in [-0.2, 0) is 12.8 Å². The lowest BCUT2D eigenvalue weighted by molar-refractivity contribution is 0.414. The Balaban J connectivity index is 1.32. The molecule has 7 heteroatoms. The van der Waals surface area contributed by atoms with Gasteiger partial charge in [0.2, 0.25) is 0 Å². The van der Waals surface area contributed by atoms with Gasteiger partial charge in [-0.1, -0.05) is 18.2 Å². The van der Waals surface area contributed by atoms with E-state index in [9.17, 15) is 0 Å². The minimum absolute atomic E-state index is 0.327. The van der Waals surface area contributed by atoms with Crippen molar-refractivity contribution in [2.75, 3.05) is 38.2 Å². The van der Waals surface area contributed by atoms with Gasteiger partial charge in [0.05, 0.1) is 13.4 Å². The van der Waals surface area contributed by atoms with Crippen molar-refractivity contribution in [1.29, 1.82) is 0 Å². The zero-order valence-electron chi connectivity index (χ0n) is 18.5. The number of hydrogen-bond acceptors (Lipinski definition) is 5. The van der Waals surface area contributed by atoms with Gasteiger partial charge in [-0.05, 0) is 54.8 Å². The molecule has 3 heterocycles. The number of guanidine groups is 1. The van der Waals surface area contributed by atoms with Crippen LogP contribution < -0.4 is 20.3 Å². The number of aromatic nitrogens is 1. The molecule has 0 radical (unpaired) electrons. The first kappa shape index (κ1) is 21.7. The molecule has 2 N–H and O–H groups in total. The fourth-order valence-corrected chi connectivity index (χ4v) is 3.82. The summed E-state index contributed by atoms with van der Waals surface area (Å²) in [6.07, 6.45) is 6.29. The summed E-state index contributed by atoms with van der Waals surface area (Å²) < 4.78 is 10.7. The number of furan rings is 1. The molecule has 1 aliphatic rings. The summed E-state index contributed by atoms with van der Waals surface area (Å²) in [4.78, 5) is 11.6. The average Bonchev–Trinajstić information content (AvgIpc) is 3.52. The van der Waals surface area contributed by atoms with Gasteiger partial charge in [-0.2, -0.15) is 0 Å². The van der Waals surface area contributed by atoms with Crippen LogP contribution in [0, 0.1) is 0 Å². The van der Waals surface area contributed by atoms with Gasteiger partial charge >= 0.3 is 0 Å². The molecule has 1 saturated heterocycles.